The monoisotopic (exact) mass is 1180 g/mol. The van der Waals surface area contributed by atoms with E-state index < -0.39 is 70.8 Å². The predicted octanol–water partition coefficient (Wildman–Crippen LogP) is 3.95. The molecular formula is C58H82N8O14S2. The summed E-state index contributed by atoms with van der Waals surface area (Å²) in [6, 6.07) is 9.83. The van der Waals surface area contributed by atoms with Crippen LogP contribution < -0.4 is 26.0 Å². The molecule has 0 saturated carbocycles. The minimum absolute atomic E-state index is 0.0257. The lowest BCUT2D eigenvalue weighted by Crippen LogP contribution is -2.58. The molecule has 4 heterocycles. The van der Waals surface area contributed by atoms with Crippen molar-refractivity contribution in [2.45, 2.75) is 125 Å². The number of nitrogens with zero attached hydrogens (tertiary/aromatic N) is 4. The summed E-state index contributed by atoms with van der Waals surface area (Å²) < 4.78 is 34.3. The molecule has 6 N–H and O–H groups in total. The Balaban J connectivity index is 0.823. The van der Waals surface area contributed by atoms with Crippen LogP contribution in [-0.2, 0) is 65.5 Å². The van der Waals surface area contributed by atoms with E-state index in [0.717, 1.165) is 37.8 Å². The number of hydrogen-bond donors (Lipinski definition) is 6. The number of carbonyl (C=O) groups excluding carboxylic acids is 6. The Hall–Kier alpha value is -5.96. The second kappa shape index (κ2) is 31.1. The minimum atomic E-state index is -0.988. The third-order valence-corrected chi connectivity index (χ3v) is 15.7. The lowest BCUT2D eigenvalue weighted by Gasteiger charge is -2.35. The van der Waals surface area contributed by atoms with Gasteiger partial charge < -0.3 is 69.7 Å². The zero-order valence-corrected chi connectivity index (χ0v) is 50.2. The van der Waals surface area contributed by atoms with Gasteiger partial charge in [0.2, 0.25) is 35.4 Å². The molecule has 2 aliphatic rings. The number of aromatic nitrogens is 2. The van der Waals surface area contributed by atoms with E-state index in [2.05, 4.69) is 31.2 Å². The Kier molecular flexibility index (Phi) is 24.7. The van der Waals surface area contributed by atoms with Gasteiger partial charge in [0, 0.05) is 51.5 Å². The van der Waals surface area contributed by atoms with Crippen LogP contribution in [0.1, 0.15) is 83.8 Å². The average molecular weight is 1180 g/mol. The van der Waals surface area contributed by atoms with Crippen LogP contribution in [-0.4, -0.2) is 188 Å². The maximum atomic E-state index is 14.0. The number of carbonyl (C=O) groups is 6. The molecule has 2 aromatic carbocycles. The number of benzene rings is 2. The Bertz CT molecular complexity index is 2740. The number of aryl methyl sites for hydroxylation is 2. The summed E-state index contributed by atoms with van der Waals surface area (Å²) in [6.07, 6.45) is -1.64. The number of aliphatic hydroxyl groups excluding tert-OH is 2. The topological polar surface area (TPSA) is 279 Å². The van der Waals surface area contributed by atoms with Crippen molar-refractivity contribution in [3.05, 3.63) is 76.0 Å². The van der Waals surface area contributed by atoms with Crippen molar-refractivity contribution < 1.29 is 67.4 Å². The predicted molar refractivity (Wildman–Crippen MR) is 309 cm³/mol. The Morgan fingerprint density at radius 3 is 1.51 bits per heavy atom. The van der Waals surface area contributed by atoms with Crippen LogP contribution in [0.5, 0.6) is 5.75 Å². The molecule has 22 nitrogen and oxygen atoms in total. The Labute approximate surface area is 488 Å². The summed E-state index contributed by atoms with van der Waals surface area (Å²) in [6.45, 7) is 18.8. The molecule has 6 atom stereocenters. The zero-order valence-electron chi connectivity index (χ0n) is 48.6. The van der Waals surface area contributed by atoms with Crippen molar-refractivity contribution in [1.82, 2.24) is 41.0 Å². The van der Waals surface area contributed by atoms with Gasteiger partial charge in [-0.2, -0.15) is 0 Å². The summed E-state index contributed by atoms with van der Waals surface area (Å²) in [7, 11) is 0. The van der Waals surface area contributed by atoms with Crippen molar-refractivity contribution >= 4 is 58.1 Å². The smallest absolute Gasteiger partial charge is 0.246 e. The first-order chi connectivity index (χ1) is 39.0. The van der Waals surface area contributed by atoms with Gasteiger partial charge in [0.25, 0.3) is 0 Å². The van der Waals surface area contributed by atoms with E-state index in [0.29, 0.717) is 51.0 Å². The van der Waals surface area contributed by atoms with Crippen LogP contribution >= 0.6 is 22.7 Å². The lowest BCUT2D eigenvalue weighted by molar-refractivity contribution is -0.144. The fourth-order valence-corrected chi connectivity index (χ4v) is 11.0. The number of amides is 6. The van der Waals surface area contributed by atoms with Crippen LogP contribution in [0.2, 0.25) is 0 Å². The van der Waals surface area contributed by atoms with Crippen molar-refractivity contribution in [2.75, 3.05) is 85.8 Å². The average Bonchev–Trinajstić information content (AvgIpc) is 4.31. The van der Waals surface area contributed by atoms with Gasteiger partial charge in [-0.05, 0) is 47.4 Å². The maximum absolute atomic E-state index is 14.0. The van der Waals surface area contributed by atoms with Gasteiger partial charge in [-0.3, -0.25) is 28.8 Å². The Morgan fingerprint density at radius 1 is 0.610 bits per heavy atom. The highest BCUT2D eigenvalue weighted by Crippen LogP contribution is 2.33. The normalized spacial score (nSPS) is 18.0. The molecule has 0 bridgehead atoms. The van der Waals surface area contributed by atoms with Crippen LogP contribution in [0.15, 0.2) is 53.5 Å². The Morgan fingerprint density at radius 2 is 1.05 bits per heavy atom. The molecule has 0 aliphatic carbocycles. The van der Waals surface area contributed by atoms with E-state index in [9.17, 15) is 39.0 Å². The van der Waals surface area contributed by atoms with Gasteiger partial charge in [0.1, 0.15) is 43.1 Å². The zero-order chi connectivity index (χ0) is 59.6. The fraction of sp³-hybridized carbons (Fsp3) is 0.586. The largest absolute Gasteiger partial charge is 0.491 e. The molecular weight excluding hydrogens is 1100 g/mol. The molecule has 2 aliphatic heterocycles. The maximum Gasteiger partial charge on any atom is 0.246 e. The van der Waals surface area contributed by atoms with Crippen LogP contribution in [0, 0.1) is 24.7 Å². The third-order valence-electron chi connectivity index (χ3n) is 13.8. The number of aliphatic hydroxyl groups is 2. The van der Waals surface area contributed by atoms with E-state index >= 15 is 0 Å². The number of rotatable bonds is 30. The minimum Gasteiger partial charge on any atom is -0.491 e. The molecule has 6 amide bonds. The number of β-amino-alcohol motifs (C(OH)–C–C–N with tert-alkyl or cyclic N) is 2. The van der Waals surface area contributed by atoms with Gasteiger partial charge in [-0.15, -0.1) is 22.7 Å². The molecule has 4 aromatic rings. The van der Waals surface area contributed by atoms with Gasteiger partial charge in [-0.1, -0.05) is 77.9 Å². The molecule has 6 rings (SSSR count). The van der Waals surface area contributed by atoms with Crippen molar-refractivity contribution in [2.24, 2.45) is 10.8 Å². The second-order valence-electron chi connectivity index (χ2n) is 22.5. The first-order valence-corrected chi connectivity index (χ1v) is 29.4. The van der Waals surface area contributed by atoms with E-state index in [1.807, 2.05) is 97.9 Å². The molecule has 2 fully saturated rings. The summed E-state index contributed by atoms with van der Waals surface area (Å²) in [5.74, 6) is -2.05. The lowest BCUT2D eigenvalue weighted by atomic mass is 9.85. The SMILES string of the molecule is CC(=O)NC(C(=O)N1CC(O)CC1C(=O)NCc1ccc(-c2scnc2C)cc1OCCOCCOCCOCCOCCOCC(=O)NC(C(=O)N1CC(O)CC1C(=O)NCc1ccc(-c2scnc2C)cc1)C(C)(C)C)C(C)(C)C. The fourth-order valence-electron chi connectivity index (χ4n) is 9.42. The van der Waals surface area contributed by atoms with E-state index in [1.165, 1.54) is 28.1 Å². The number of likely N-dealkylation sites (tertiary alicyclic amines) is 2. The standard InChI is InChI=1S/C58H82N8O14S2/c1-36-49(81-34-61-36)40-12-10-39(11-13-40)29-59-53(71)45-27-43(68)32-66(45)56(74)52(58(7,8)9)64-48(70)33-79-23-22-77-19-18-75-16-17-76-20-21-78-24-25-80-47-26-41(50-37(2)62-35-82-50)14-15-42(47)30-60-54(72)46-28-44(69)31-65(46)55(73)51(57(4,5)6)63-38(3)67/h10-15,26,34-35,43-46,51-52,68-69H,16-25,27-33H2,1-9H3,(H,59,71)(H,60,72)(H,63,67)(H,64,70). The van der Waals surface area contributed by atoms with E-state index in [1.54, 1.807) is 22.4 Å². The van der Waals surface area contributed by atoms with Crippen LogP contribution in [0.25, 0.3) is 20.9 Å². The summed E-state index contributed by atoms with van der Waals surface area (Å²) >= 11 is 3.07. The van der Waals surface area contributed by atoms with Crippen LogP contribution in [0.4, 0.5) is 0 Å². The van der Waals surface area contributed by atoms with Crippen molar-refractivity contribution in [3.8, 4) is 26.6 Å². The van der Waals surface area contributed by atoms with Gasteiger partial charge in [0.15, 0.2) is 0 Å². The molecule has 2 aromatic heterocycles. The summed E-state index contributed by atoms with van der Waals surface area (Å²) in [5.41, 5.74) is 7.57. The summed E-state index contributed by atoms with van der Waals surface area (Å²) in [4.78, 5) is 93.2. The molecule has 0 spiro atoms. The number of ether oxygens (including phenoxy) is 6. The molecule has 2 saturated heterocycles. The quantitative estimate of drug-likeness (QED) is 0.0403. The first-order valence-electron chi connectivity index (χ1n) is 27.6. The first kappa shape index (κ1) is 65.2. The number of nitrogens with one attached hydrogen (secondary N) is 4. The molecule has 0 radical (unpaired) electrons. The second-order valence-corrected chi connectivity index (χ2v) is 24.2. The van der Waals surface area contributed by atoms with E-state index in [4.69, 9.17) is 28.4 Å². The van der Waals surface area contributed by atoms with Gasteiger partial charge in [0.05, 0.1) is 104 Å². The van der Waals surface area contributed by atoms with E-state index in [-0.39, 0.29) is 83.9 Å². The highest BCUT2D eigenvalue weighted by atomic mass is 32.1. The number of hydrogen-bond acceptors (Lipinski definition) is 18. The van der Waals surface area contributed by atoms with Crippen LogP contribution in [0.3, 0.4) is 0 Å². The van der Waals surface area contributed by atoms with Crippen molar-refractivity contribution in [3.63, 3.8) is 0 Å². The highest BCUT2D eigenvalue weighted by molar-refractivity contribution is 7.13. The van der Waals surface area contributed by atoms with Crippen molar-refractivity contribution in [1.29, 1.82) is 0 Å². The highest BCUT2D eigenvalue weighted by Gasteiger charge is 2.46. The molecule has 24 heteroatoms. The summed E-state index contributed by atoms with van der Waals surface area (Å²) in [5, 5.41) is 32.5. The number of thiazole rings is 2. The molecule has 6 unspecified atom stereocenters. The third kappa shape index (κ3) is 19.3. The molecule has 450 valence electrons. The van der Waals surface area contributed by atoms with Gasteiger partial charge >= 0.3 is 0 Å². The van der Waals surface area contributed by atoms with Gasteiger partial charge in [-0.25, -0.2) is 9.97 Å². The molecule has 82 heavy (non-hydrogen) atoms.